The number of amides is 1. The number of carbonyl (C=O) groups excluding carboxylic acids is 1. The quantitative estimate of drug-likeness (QED) is 0.716. The van der Waals surface area contributed by atoms with E-state index < -0.39 is 6.09 Å². The summed E-state index contributed by atoms with van der Waals surface area (Å²) >= 11 is 0. The summed E-state index contributed by atoms with van der Waals surface area (Å²) < 4.78 is 10.4. The fraction of sp³-hybridized carbons (Fsp3) is 0.364. The number of carbonyl (C=O) groups is 1. The summed E-state index contributed by atoms with van der Waals surface area (Å²) in [7, 11) is 0. The molecule has 2 N–H and O–H groups in total. The van der Waals surface area contributed by atoms with E-state index in [1.807, 2.05) is 26.0 Å². The Kier molecular flexibility index (Phi) is 2.07. The predicted octanol–water partition coefficient (Wildman–Crippen LogP) is 2.19. The maximum atomic E-state index is 10.8. The maximum absolute atomic E-state index is 10.8. The Hall–Kier alpha value is -1.71. The second-order valence-corrected chi connectivity index (χ2v) is 4.28. The van der Waals surface area contributed by atoms with E-state index in [2.05, 4.69) is 0 Å². The van der Waals surface area contributed by atoms with Crippen LogP contribution < -0.4 is 5.73 Å². The molecule has 0 saturated heterocycles. The molecule has 0 spiro atoms. The van der Waals surface area contributed by atoms with Gasteiger partial charge in [0.1, 0.15) is 0 Å². The molecule has 0 fully saturated rings. The van der Waals surface area contributed by atoms with E-state index in [1.54, 1.807) is 6.26 Å². The third kappa shape index (κ3) is 1.63. The van der Waals surface area contributed by atoms with E-state index in [1.165, 1.54) is 0 Å². The molecule has 0 atom stereocenters. The van der Waals surface area contributed by atoms with Crippen LogP contribution >= 0.6 is 0 Å². The topological polar surface area (TPSA) is 61.6 Å². The number of ether oxygens (including phenoxy) is 2. The molecular formula is C11H13NO3. The minimum absolute atomic E-state index is 0.248. The van der Waals surface area contributed by atoms with Gasteiger partial charge in [0, 0.05) is 5.41 Å². The molecule has 0 aromatic heterocycles. The fourth-order valence-corrected chi connectivity index (χ4v) is 1.90. The highest BCUT2D eigenvalue weighted by molar-refractivity contribution is 5.67. The van der Waals surface area contributed by atoms with Gasteiger partial charge >= 0.3 is 6.09 Å². The lowest BCUT2D eigenvalue weighted by atomic mass is 9.90. The Labute approximate surface area is 88.0 Å². The maximum Gasteiger partial charge on any atom is 0.409 e. The molecule has 0 aromatic carbocycles. The molecule has 2 aliphatic rings. The molecular weight excluding hydrogens is 194 g/mol. The van der Waals surface area contributed by atoms with Crippen molar-refractivity contribution in [2.45, 2.75) is 20.3 Å². The number of allylic oxidation sites excluding steroid dienone is 4. The summed E-state index contributed by atoms with van der Waals surface area (Å²) in [5.74, 6) is 1.15. The normalized spacial score (nSPS) is 21.9. The minimum atomic E-state index is -0.801. The van der Waals surface area contributed by atoms with Gasteiger partial charge in [-0.3, -0.25) is 0 Å². The van der Waals surface area contributed by atoms with Crippen molar-refractivity contribution in [1.82, 2.24) is 0 Å². The smallest absolute Gasteiger partial charge is 0.409 e. The molecule has 0 unspecified atom stereocenters. The highest BCUT2D eigenvalue weighted by Gasteiger charge is 2.40. The van der Waals surface area contributed by atoms with Crippen LogP contribution in [0.2, 0.25) is 0 Å². The third-order valence-electron chi connectivity index (χ3n) is 2.51. The first kappa shape index (κ1) is 9.83. The van der Waals surface area contributed by atoms with Gasteiger partial charge in [-0.1, -0.05) is 19.9 Å². The molecule has 1 heterocycles. The first-order valence-electron chi connectivity index (χ1n) is 4.75. The largest absolute Gasteiger partial charge is 0.461 e. The van der Waals surface area contributed by atoms with Crippen molar-refractivity contribution in [1.29, 1.82) is 0 Å². The van der Waals surface area contributed by atoms with Gasteiger partial charge in [0.2, 0.25) is 0 Å². The van der Waals surface area contributed by atoms with E-state index >= 15 is 0 Å². The molecule has 1 aliphatic carbocycles. The zero-order chi connectivity index (χ0) is 11.1. The van der Waals surface area contributed by atoms with Gasteiger partial charge in [0.25, 0.3) is 0 Å². The van der Waals surface area contributed by atoms with Crippen molar-refractivity contribution >= 4 is 6.09 Å². The summed E-state index contributed by atoms with van der Waals surface area (Å²) in [5.41, 5.74) is 5.82. The zero-order valence-corrected chi connectivity index (χ0v) is 8.74. The standard InChI is InChI=1S/C11H13NO3/c1-11(2)6-7-4-3-5-14-8(7)9(11)15-10(12)13/h3-5H,6H2,1-2H3,(H2,12,13). The lowest BCUT2D eigenvalue weighted by Crippen LogP contribution is -2.20. The van der Waals surface area contributed by atoms with Crippen LogP contribution in [-0.2, 0) is 9.47 Å². The first-order valence-corrected chi connectivity index (χ1v) is 4.75. The van der Waals surface area contributed by atoms with Crippen molar-refractivity contribution in [3.8, 4) is 0 Å². The van der Waals surface area contributed by atoms with Crippen molar-refractivity contribution < 1.29 is 14.3 Å². The molecule has 0 aromatic rings. The number of hydrogen-bond donors (Lipinski definition) is 1. The average Bonchev–Trinajstić information content (AvgIpc) is 2.37. The summed E-state index contributed by atoms with van der Waals surface area (Å²) in [6.45, 7) is 3.97. The lowest BCUT2D eigenvalue weighted by molar-refractivity contribution is 0.156. The molecule has 0 bridgehead atoms. The Morgan fingerprint density at radius 3 is 3.00 bits per heavy atom. The van der Waals surface area contributed by atoms with Crippen LogP contribution in [0.25, 0.3) is 0 Å². The highest BCUT2D eigenvalue weighted by Crippen LogP contribution is 2.47. The van der Waals surface area contributed by atoms with Gasteiger partial charge in [-0.15, -0.1) is 0 Å². The molecule has 0 saturated carbocycles. The Morgan fingerprint density at radius 2 is 2.33 bits per heavy atom. The van der Waals surface area contributed by atoms with Crippen molar-refractivity contribution in [3.05, 3.63) is 35.5 Å². The van der Waals surface area contributed by atoms with Gasteiger partial charge in [-0.05, 0) is 18.1 Å². The summed E-state index contributed by atoms with van der Waals surface area (Å²) in [4.78, 5) is 10.8. The molecule has 4 heteroatoms. The van der Waals surface area contributed by atoms with Crippen molar-refractivity contribution in [3.63, 3.8) is 0 Å². The Balaban J connectivity index is 2.41. The van der Waals surface area contributed by atoms with E-state index in [9.17, 15) is 4.79 Å². The van der Waals surface area contributed by atoms with Gasteiger partial charge in [-0.2, -0.15) is 0 Å². The summed E-state index contributed by atoms with van der Waals surface area (Å²) in [6, 6.07) is 0. The summed E-state index contributed by atoms with van der Waals surface area (Å²) in [5, 5.41) is 0. The van der Waals surface area contributed by atoms with Crippen LogP contribution in [0.15, 0.2) is 35.5 Å². The molecule has 1 aliphatic heterocycles. The molecule has 0 radical (unpaired) electrons. The van der Waals surface area contributed by atoms with Crippen LogP contribution in [0.5, 0.6) is 0 Å². The van der Waals surface area contributed by atoms with E-state index in [0.29, 0.717) is 11.5 Å². The number of nitrogens with two attached hydrogens (primary N) is 1. The van der Waals surface area contributed by atoms with Crippen LogP contribution in [0.1, 0.15) is 20.3 Å². The second-order valence-electron chi connectivity index (χ2n) is 4.28. The van der Waals surface area contributed by atoms with Gasteiger partial charge < -0.3 is 15.2 Å². The highest BCUT2D eigenvalue weighted by atomic mass is 16.6. The fourth-order valence-electron chi connectivity index (χ4n) is 1.90. The monoisotopic (exact) mass is 207 g/mol. The average molecular weight is 207 g/mol. The van der Waals surface area contributed by atoms with Crippen molar-refractivity contribution in [2.75, 3.05) is 0 Å². The summed E-state index contributed by atoms with van der Waals surface area (Å²) in [6.07, 6.45) is 5.32. The molecule has 2 rings (SSSR count). The van der Waals surface area contributed by atoms with E-state index in [0.717, 1.165) is 12.0 Å². The first-order chi connectivity index (χ1) is 7.00. The Bertz CT molecular complexity index is 402. The molecule has 4 nitrogen and oxygen atoms in total. The third-order valence-corrected chi connectivity index (χ3v) is 2.51. The van der Waals surface area contributed by atoms with Crippen LogP contribution in [0.3, 0.4) is 0 Å². The minimum Gasteiger partial charge on any atom is -0.461 e. The van der Waals surface area contributed by atoms with E-state index in [-0.39, 0.29) is 5.41 Å². The molecule has 1 amide bonds. The van der Waals surface area contributed by atoms with Gasteiger partial charge in [0.05, 0.1) is 6.26 Å². The predicted molar refractivity (Wildman–Crippen MR) is 54.4 cm³/mol. The Morgan fingerprint density at radius 1 is 1.60 bits per heavy atom. The van der Waals surface area contributed by atoms with Crippen LogP contribution in [-0.4, -0.2) is 6.09 Å². The molecule has 15 heavy (non-hydrogen) atoms. The SMILES string of the molecule is CC1(C)CC2=CC=COC2=C1OC(N)=O. The lowest BCUT2D eigenvalue weighted by Gasteiger charge is -2.19. The van der Waals surface area contributed by atoms with E-state index in [4.69, 9.17) is 15.2 Å². The number of hydrogen-bond acceptors (Lipinski definition) is 3. The van der Waals surface area contributed by atoms with Gasteiger partial charge in [0.15, 0.2) is 11.5 Å². The number of rotatable bonds is 1. The van der Waals surface area contributed by atoms with Crippen LogP contribution in [0, 0.1) is 5.41 Å². The molecule has 80 valence electrons. The zero-order valence-electron chi connectivity index (χ0n) is 8.74. The second kappa shape index (κ2) is 3.15. The van der Waals surface area contributed by atoms with Crippen LogP contribution in [0.4, 0.5) is 4.79 Å². The number of primary amides is 1. The number of fused-ring (bicyclic) bond motifs is 1. The van der Waals surface area contributed by atoms with Crippen molar-refractivity contribution in [2.24, 2.45) is 11.1 Å². The van der Waals surface area contributed by atoms with Gasteiger partial charge in [-0.25, -0.2) is 4.79 Å².